The molecule has 2 heteroatoms. The van der Waals surface area contributed by atoms with Crippen LogP contribution in [-0.2, 0) is 0 Å². The minimum atomic E-state index is 0.155. The molecule has 0 aromatic carbocycles. The van der Waals surface area contributed by atoms with E-state index in [0.717, 1.165) is 6.42 Å². The van der Waals surface area contributed by atoms with Gasteiger partial charge in [0.1, 0.15) is 0 Å². The lowest BCUT2D eigenvalue weighted by Gasteiger charge is -2.38. The largest absolute Gasteiger partial charge is 0.316 e. The van der Waals surface area contributed by atoms with Crippen molar-refractivity contribution < 1.29 is 0 Å². The first kappa shape index (κ1) is 32.9. The number of rotatable bonds is 27. The van der Waals surface area contributed by atoms with Gasteiger partial charge in [0.2, 0.25) is 0 Å². The number of nitrogens with two attached hydrogens (primary N) is 1. The highest BCUT2D eigenvalue weighted by Gasteiger charge is 2.29. The van der Waals surface area contributed by atoms with Crippen molar-refractivity contribution in [3.63, 3.8) is 0 Å². The lowest BCUT2D eigenvalue weighted by molar-refractivity contribution is 0.213. The predicted molar refractivity (Wildman–Crippen MR) is 152 cm³/mol. The monoisotopic (exact) mass is 467 g/mol. The third-order valence-corrected chi connectivity index (χ3v) is 7.68. The number of hydrogen-bond donors (Lipinski definition) is 2. The maximum Gasteiger partial charge on any atom is 0.0547 e. The van der Waals surface area contributed by atoms with Crippen molar-refractivity contribution in [2.45, 2.75) is 200 Å². The molecule has 0 fully saturated rings. The molecule has 2 nitrogen and oxygen atoms in total. The molecule has 0 aliphatic heterocycles. The van der Waals surface area contributed by atoms with Crippen LogP contribution in [0.25, 0.3) is 0 Å². The van der Waals surface area contributed by atoms with Gasteiger partial charge >= 0.3 is 0 Å². The van der Waals surface area contributed by atoms with E-state index in [9.17, 15) is 0 Å². The molecule has 0 saturated heterocycles. The molecule has 33 heavy (non-hydrogen) atoms. The zero-order chi connectivity index (χ0) is 24.5. The fourth-order valence-corrected chi connectivity index (χ4v) is 5.47. The van der Waals surface area contributed by atoms with Crippen LogP contribution in [0.15, 0.2) is 0 Å². The molecule has 0 radical (unpaired) electrons. The van der Waals surface area contributed by atoms with Gasteiger partial charge in [0.15, 0.2) is 0 Å². The summed E-state index contributed by atoms with van der Waals surface area (Å²) < 4.78 is 0. The molecule has 0 spiro atoms. The Morgan fingerprint density at radius 1 is 0.455 bits per heavy atom. The van der Waals surface area contributed by atoms with Crippen LogP contribution in [0, 0.1) is 0 Å². The van der Waals surface area contributed by atoms with Crippen LogP contribution in [0.4, 0.5) is 0 Å². The van der Waals surface area contributed by atoms with Gasteiger partial charge in [-0.1, -0.05) is 163 Å². The summed E-state index contributed by atoms with van der Waals surface area (Å²) in [7, 11) is 0. The molecule has 1 atom stereocenters. The Morgan fingerprint density at radius 2 is 0.788 bits per heavy atom. The van der Waals surface area contributed by atoms with E-state index in [0.29, 0.717) is 0 Å². The molecule has 0 rings (SSSR count). The van der Waals surface area contributed by atoms with Crippen molar-refractivity contribution in [1.82, 2.24) is 5.32 Å². The standard InChI is InChI=1S/C31H66N2/c1-5-9-11-13-15-17-19-21-23-25-28-31(27-7-3,33-30(32)8-4)29-26-24-22-20-18-16-14-12-10-6-2/h30,33H,5-29,32H2,1-4H3. The average Bonchev–Trinajstić information content (AvgIpc) is 2.81. The molecule has 0 bridgehead atoms. The maximum atomic E-state index is 6.42. The van der Waals surface area contributed by atoms with Crippen molar-refractivity contribution in [2.24, 2.45) is 5.73 Å². The van der Waals surface area contributed by atoms with Gasteiger partial charge in [-0.15, -0.1) is 0 Å². The maximum absolute atomic E-state index is 6.42. The summed E-state index contributed by atoms with van der Waals surface area (Å²) in [5.41, 5.74) is 6.70. The van der Waals surface area contributed by atoms with Crippen molar-refractivity contribution in [3.8, 4) is 0 Å². The van der Waals surface area contributed by atoms with Crippen molar-refractivity contribution in [3.05, 3.63) is 0 Å². The molecule has 0 amide bonds. The van der Waals surface area contributed by atoms with E-state index < -0.39 is 0 Å². The minimum absolute atomic E-state index is 0.155. The second kappa shape index (κ2) is 25.0. The number of hydrogen-bond acceptors (Lipinski definition) is 2. The fraction of sp³-hybridized carbons (Fsp3) is 1.00. The smallest absolute Gasteiger partial charge is 0.0547 e. The van der Waals surface area contributed by atoms with Gasteiger partial charge in [-0.05, 0) is 25.7 Å². The highest BCUT2D eigenvalue weighted by Crippen LogP contribution is 2.29. The molecule has 0 aromatic rings. The first-order chi connectivity index (χ1) is 16.1. The van der Waals surface area contributed by atoms with Crippen LogP contribution in [0.1, 0.15) is 188 Å². The van der Waals surface area contributed by atoms with Crippen molar-refractivity contribution in [2.75, 3.05) is 0 Å². The Bertz CT molecular complexity index is 344. The molecule has 0 heterocycles. The van der Waals surface area contributed by atoms with E-state index in [1.807, 2.05) is 0 Å². The zero-order valence-corrected chi connectivity index (χ0v) is 23.8. The Kier molecular flexibility index (Phi) is 25.0. The molecule has 1 unspecified atom stereocenters. The van der Waals surface area contributed by atoms with Crippen LogP contribution in [0.3, 0.4) is 0 Å². The van der Waals surface area contributed by atoms with Crippen LogP contribution in [-0.4, -0.2) is 11.7 Å². The summed E-state index contributed by atoms with van der Waals surface area (Å²) in [5, 5.41) is 3.92. The summed E-state index contributed by atoms with van der Waals surface area (Å²) in [4.78, 5) is 0. The third kappa shape index (κ3) is 21.0. The van der Waals surface area contributed by atoms with Crippen LogP contribution < -0.4 is 11.1 Å². The van der Waals surface area contributed by atoms with Gasteiger partial charge in [0, 0.05) is 5.54 Å². The third-order valence-electron chi connectivity index (χ3n) is 7.68. The lowest BCUT2D eigenvalue weighted by Crippen LogP contribution is -2.53. The topological polar surface area (TPSA) is 38.0 Å². The molecule has 0 saturated carbocycles. The summed E-state index contributed by atoms with van der Waals surface area (Å²) in [6.07, 6.45) is 34.8. The van der Waals surface area contributed by atoms with Gasteiger partial charge in [-0.25, -0.2) is 0 Å². The van der Waals surface area contributed by atoms with E-state index in [2.05, 4.69) is 33.0 Å². The van der Waals surface area contributed by atoms with E-state index in [4.69, 9.17) is 5.73 Å². The molecule has 0 aromatic heterocycles. The molecule has 200 valence electrons. The molecule has 0 aliphatic rings. The van der Waals surface area contributed by atoms with Crippen LogP contribution >= 0.6 is 0 Å². The van der Waals surface area contributed by atoms with E-state index in [-0.39, 0.29) is 11.7 Å². The average molecular weight is 467 g/mol. The predicted octanol–water partition coefficient (Wildman–Crippen LogP) is 10.4. The highest BCUT2D eigenvalue weighted by atomic mass is 15.1. The second-order valence-corrected chi connectivity index (χ2v) is 11.1. The van der Waals surface area contributed by atoms with Crippen LogP contribution in [0.5, 0.6) is 0 Å². The highest BCUT2D eigenvalue weighted by molar-refractivity contribution is 4.89. The molecule has 0 aliphatic carbocycles. The first-order valence-corrected chi connectivity index (χ1v) is 15.7. The van der Waals surface area contributed by atoms with E-state index >= 15 is 0 Å². The molecular weight excluding hydrogens is 400 g/mol. The van der Waals surface area contributed by atoms with Gasteiger partial charge in [-0.3, -0.25) is 5.32 Å². The Labute approximate surface area is 211 Å². The van der Waals surface area contributed by atoms with Crippen molar-refractivity contribution in [1.29, 1.82) is 0 Å². The second-order valence-electron chi connectivity index (χ2n) is 11.1. The summed E-state index contributed by atoms with van der Waals surface area (Å²) >= 11 is 0. The Balaban J connectivity index is 4.19. The van der Waals surface area contributed by atoms with Gasteiger partial charge < -0.3 is 5.73 Å². The summed E-state index contributed by atoms with van der Waals surface area (Å²) in [5.74, 6) is 0. The molecular formula is C31H66N2. The minimum Gasteiger partial charge on any atom is -0.316 e. The van der Waals surface area contributed by atoms with Gasteiger partial charge in [0.25, 0.3) is 0 Å². The summed E-state index contributed by atoms with van der Waals surface area (Å²) in [6.45, 7) is 9.18. The summed E-state index contributed by atoms with van der Waals surface area (Å²) in [6, 6.07) is 0. The van der Waals surface area contributed by atoms with Crippen LogP contribution in [0.2, 0.25) is 0 Å². The zero-order valence-electron chi connectivity index (χ0n) is 23.8. The lowest BCUT2D eigenvalue weighted by atomic mass is 9.82. The first-order valence-electron chi connectivity index (χ1n) is 15.7. The quantitative estimate of drug-likeness (QED) is 0.0932. The van der Waals surface area contributed by atoms with E-state index in [1.165, 1.54) is 154 Å². The van der Waals surface area contributed by atoms with Crippen molar-refractivity contribution >= 4 is 0 Å². The number of unbranched alkanes of at least 4 members (excludes halogenated alkanes) is 18. The van der Waals surface area contributed by atoms with E-state index in [1.54, 1.807) is 0 Å². The Hall–Kier alpha value is -0.0800. The normalized spacial score (nSPS) is 13.0. The Morgan fingerprint density at radius 3 is 1.09 bits per heavy atom. The van der Waals surface area contributed by atoms with Gasteiger partial charge in [-0.2, -0.15) is 0 Å². The van der Waals surface area contributed by atoms with Gasteiger partial charge in [0.05, 0.1) is 6.17 Å². The number of nitrogens with one attached hydrogen (secondary N) is 1. The SMILES string of the molecule is CCCCCCCCCCCCC(CCC)(CCCCCCCCCCCC)NC(N)CC. The molecule has 3 N–H and O–H groups in total. The fourth-order valence-electron chi connectivity index (χ4n) is 5.47.